The number of nitrogens with zero attached hydrogens (tertiary/aromatic N) is 4. The van der Waals surface area contributed by atoms with Crippen LogP contribution in [0.3, 0.4) is 0 Å². The Bertz CT molecular complexity index is 1160. The van der Waals surface area contributed by atoms with Gasteiger partial charge in [-0.25, -0.2) is 4.98 Å². The molecule has 2 fully saturated rings. The number of carbonyl (C=O) groups excluding carboxylic acids is 2. The molecule has 2 aliphatic rings. The third-order valence-corrected chi connectivity index (χ3v) is 7.43. The van der Waals surface area contributed by atoms with Crippen molar-refractivity contribution in [3.8, 4) is 0 Å². The summed E-state index contributed by atoms with van der Waals surface area (Å²) < 4.78 is 2.17. The highest BCUT2D eigenvalue weighted by Gasteiger charge is 2.48. The highest BCUT2D eigenvalue weighted by molar-refractivity contribution is 5.98. The van der Waals surface area contributed by atoms with Gasteiger partial charge in [0.15, 0.2) is 0 Å². The number of likely N-dealkylation sites (tertiary alicyclic amines) is 1. The Balaban J connectivity index is 1.41. The van der Waals surface area contributed by atoms with Crippen LogP contribution in [0.15, 0.2) is 54.6 Å². The van der Waals surface area contributed by atoms with Gasteiger partial charge in [-0.2, -0.15) is 0 Å². The summed E-state index contributed by atoms with van der Waals surface area (Å²) in [5.41, 5.74) is 2.70. The van der Waals surface area contributed by atoms with Gasteiger partial charge in [0.2, 0.25) is 5.91 Å². The largest absolute Gasteiger partial charge is 0.336 e. The van der Waals surface area contributed by atoms with Gasteiger partial charge in [0.1, 0.15) is 11.9 Å². The molecule has 2 amide bonds. The molecule has 1 aliphatic carbocycles. The molecule has 0 radical (unpaired) electrons. The fraction of sp³-hybridized carbons (Fsp3) is 0.444. The monoisotopic (exact) mass is 444 g/mol. The Kier molecular flexibility index (Phi) is 5.92. The Morgan fingerprint density at radius 1 is 1.03 bits per heavy atom. The molecule has 1 aromatic heterocycles. The fourth-order valence-corrected chi connectivity index (χ4v) is 5.85. The predicted octanol–water partition coefficient (Wildman–Crippen LogP) is 4.49. The second-order valence-corrected chi connectivity index (χ2v) is 9.40. The molecule has 1 saturated heterocycles. The molecule has 5 rings (SSSR count). The summed E-state index contributed by atoms with van der Waals surface area (Å²) in [5, 5.41) is 0. The molecule has 0 spiro atoms. The van der Waals surface area contributed by atoms with Gasteiger partial charge in [-0.15, -0.1) is 0 Å². The molecule has 6 nitrogen and oxygen atoms in total. The predicted molar refractivity (Wildman–Crippen MR) is 129 cm³/mol. The lowest BCUT2D eigenvalue weighted by Gasteiger charge is -2.34. The van der Waals surface area contributed by atoms with Gasteiger partial charge >= 0.3 is 0 Å². The Morgan fingerprint density at radius 2 is 1.76 bits per heavy atom. The lowest BCUT2D eigenvalue weighted by molar-refractivity contribution is -0.135. The van der Waals surface area contributed by atoms with Crippen LogP contribution in [-0.2, 0) is 17.9 Å². The van der Waals surface area contributed by atoms with Gasteiger partial charge in [-0.05, 0) is 56.4 Å². The quantitative estimate of drug-likeness (QED) is 0.583. The third-order valence-electron chi connectivity index (χ3n) is 7.43. The van der Waals surface area contributed by atoms with Crippen molar-refractivity contribution in [3.05, 3.63) is 66.0 Å². The van der Waals surface area contributed by atoms with Gasteiger partial charge in [-0.3, -0.25) is 9.59 Å². The Hall–Kier alpha value is -3.15. The molecule has 33 heavy (non-hydrogen) atoms. The molecule has 2 aromatic carbocycles. The van der Waals surface area contributed by atoms with Gasteiger partial charge in [0.25, 0.3) is 5.91 Å². The summed E-state index contributed by atoms with van der Waals surface area (Å²) in [6.07, 6.45) is 5.16. The Labute approximate surface area is 195 Å². The number of aryl methyl sites for hydroxylation is 1. The Morgan fingerprint density at radius 3 is 2.55 bits per heavy atom. The number of fused-ring (bicyclic) bond motifs is 2. The van der Waals surface area contributed by atoms with Crippen LogP contribution in [0.25, 0.3) is 11.0 Å². The minimum atomic E-state index is -0.407. The standard InChI is InChI=1S/C27H32N4O2/c1-3-30-23-16-10-8-14-21(23)28-25(30)18-29(2)27(33)24-17-20-13-7-9-15-22(20)31(24)26(32)19-11-5-4-6-12-19/h4-6,8,10-12,14,16,20,22,24H,3,7,9,13,15,17-18H2,1-2H3. The van der Waals surface area contributed by atoms with Crippen LogP contribution in [0.5, 0.6) is 0 Å². The average molecular weight is 445 g/mol. The number of rotatable bonds is 5. The van der Waals surface area contributed by atoms with Crippen molar-refractivity contribution < 1.29 is 9.59 Å². The lowest BCUT2D eigenvalue weighted by Crippen LogP contribution is -2.50. The van der Waals surface area contributed by atoms with Crippen molar-refractivity contribution in [2.24, 2.45) is 5.92 Å². The van der Waals surface area contributed by atoms with E-state index in [0.717, 1.165) is 49.1 Å². The zero-order chi connectivity index (χ0) is 22.9. The molecular formula is C27H32N4O2. The van der Waals surface area contributed by atoms with Crippen molar-refractivity contribution in [2.75, 3.05) is 7.05 Å². The summed E-state index contributed by atoms with van der Waals surface area (Å²) in [5.74, 6) is 1.29. The molecule has 3 atom stereocenters. The molecule has 3 unspecified atom stereocenters. The van der Waals surface area contributed by atoms with Crippen molar-refractivity contribution >= 4 is 22.8 Å². The van der Waals surface area contributed by atoms with E-state index in [2.05, 4.69) is 17.6 Å². The highest BCUT2D eigenvalue weighted by atomic mass is 16.2. The zero-order valence-electron chi connectivity index (χ0n) is 19.5. The maximum atomic E-state index is 13.7. The number of carbonyl (C=O) groups is 2. The maximum Gasteiger partial charge on any atom is 0.254 e. The van der Waals surface area contributed by atoms with Crippen molar-refractivity contribution in [3.63, 3.8) is 0 Å². The van der Waals surface area contributed by atoms with Crippen LogP contribution in [0.4, 0.5) is 0 Å². The van der Waals surface area contributed by atoms with Crippen molar-refractivity contribution in [1.82, 2.24) is 19.4 Å². The first kappa shape index (κ1) is 21.7. The van der Waals surface area contributed by atoms with Crippen LogP contribution >= 0.6 is 0 Å². The maximum absolute atomic E-state index is 13.7. The van der Waals surface area contributed by atoms with E-state index in [4.69, 9.17) is 4.98 Å². The lowest BCUT2D eigenvalue weighted by atomic mass is 9.84. The van der Waals surface area contributed by atoms with E-state index in [-0.39, 0.29) is 17.9 Å². The summed E-state index contributed by atoms with van der Waals surface area (Å²) in [6.45, 7) is 3.33. The van der Waals surface area contributed by atoms with E-state index in [9.17, 15) is 9.59 Å². The number of hydrogen-bond acceptors (Lipinski definition) is 3. The molecule has 2 heterocycles. The van der Waals surface area contributed by atoms with Crippen LogP contribution in [0.1, 0.15) is 55.2 Å². The van der Waals surface area contributed by atoms with E-state index >= 15 is 0 Å². The molecule has 0 N–H and O–H groups in total. The number of hydrogen-bond donors (Lipinski definition) is 0. The second-order valence-electron chi connectivity index (χ2n) is 9.40. The van der Waals surface area contributed by atoms with E-state index < -0.39 is 6.04 Å². The molecule has 1 saturated carbocycles. The number of aromatic nitrogens is 2. The summed E-state index contributed by atoms with van der Waals surface area (Å²) in [4.78, 5) is 35.8. The van der Waals surface area contributed by atoms with Crippen molar-refractivity contribution in [2.45, 2.75) is 64.2 Å². The summed E-state index contributed by atoms with van der Waals surface area (Å²) >= 11 is 0. The number of benzene rings is 2. The number of imidazole rings is 1. The zero-order valence-corrected chi connectivity index (χ0v) is 19.5. The van der Waals surface area contributed by atoms with Gasteiger partial charge < -0.3 is 14.4 Å². The van der Waals surface area contributed by atoms with Crippen LogP contribution in [-0.4, -0.2) is 50.3 Å². The van der Waals surface area contributed by atoms with Gasteiger partial charge in [0.05, 0.1) is 17.6 Å². The average Bonchev–Trinajstić information content (AvgIpc) is 3.41. The number of likely N-dealkylation sites (N-methyl/N-ethyl adjacent to an activating group) is 1. The number of amides is 2. The smallest absolute Gasteiger partial charge is 0.254 e. The summed E-state index contributed by atoms with van der Waals surface area (Å²) in [6, 6.07) is 17.2. The van der Waals surface area contributed by atoms with Crippen LogP contribution < -0.4 is 0 Å². The van der Waals surface area contributed by atoms with E-state index in [0.29, 0.717) is 18.0 Å². The fourth-order valence-electron chi connectivity index (χ4n) is 5.85. The van der Waals surface area contributed by atoms with E-state index in [1.54, 1.807) is 4.90 Å². The van der Waals surface area contributed by atoms with Gasteiger partial charge in [0, 0.05) is 25.2 Å². The third kappa shape index (κ3) is 3.92. The SMILES string of the molecule is CCn1c(CN(C)C(=O)C2CC3CCCCC3N2C(=O)c2ccccc2)nc2ccccc21. The molecule has 172 valence electrons. The van der Waals surface area contributed by atoms with Gasteiger partial charge in [-0.1, -0.05) is 43.2 Å². The summed E-state index contributed by atoms with van der Waals surface area (Å²) in [7, 11) is 1.84. The van der Waals surface area contributed by atoms with E-state index in [1.807, 2.05) is 60.5 Å². The first-order valence-corrected chi connectivity index (χ1v) is 12.1. The first-order chi connectivity index (χ1) is 16.1. The molecule has 6 heteroatoms. The van der Waals surface area contributed by atoms with Crippen LogP contribution in [0.2, 0.25) is 0 Å². The van der Waals surface area contributed by atoms with Crippen LogP contribution in [0, 0.1) is 5.92 Å². The molecular weight excluding hydrogens is 412 g/mol. The van der Waals surface area contributed by atoms with Crippen molar-refractivity contribution in [1.29, 1.82) is 0 Å². The first-order valence-electron chi connectivity index (χ1n) is 12.1. The van der Waals surface area contributed by atoms with E-state index in [1.165, 1.54) is 6.42 Å². The topological polar surface area (TPSA) is 58.4 Å². The normalized spacial score (nSPS) is 22.4. The molecule has 3 aromatic rings. The minimum absolute atomic E-state index is 0.0162. The number of para-hydroxylation sites is 2. The second kappa shape index (κ2) is 9.00. The molecule has 1 aliphatic heterocycles. The molecule has 0 bridgehead atoms. The highest BCUT2D eigenvalue weighted by Crippen LogP contribution is 2.41. The minimum Gasteiger partial charge on any atom is -0.336 e.